The van der Waals surface area contributed by atoms with Crippen LogP contribution in [0.5, 0.6) is 5.88 Å². The van der Waals surface area contributed by atoms with Crippen molar-refractivity contribution in [1.82, 2.24) is 15.3 Å². The molecule has 1 N–H and O–H groups in total. The summed E-state index contributed by atoms with van der Waals surface area (Å²) in [6.07, 6.45) is 2.94. The summed E-state index contributed by atoms with van der Waals surface area (Å²) >= 11 is 1.62. The molecule has 1 fully saturated rings. The Hall–Kier alpha value is -1.20. The number of nitrogens with one attached hydrogen (secondary N) is 1. The second-order valence-electron chi connectivity index (χ2n) is 4.44. The minimum atomic E-state index is 0.210. The highest BCUT2D eigenvalue weighted by Crippen LogP contribution is 2.27. The van der Waals surface area contributed by atoms with E-state index in [-0.39, 0.29) is 6.10 Å². The number of hydrogen-bond acceptors (Lipinski definition) is 5. The van der Waals surface area contributed by atoms with Crippen LogP contribution in [0.25, 0.3) is 10.2 Å². The van der Waals surface area contributed by atoms with Crippen LogP contribution in [-0.4, -0.2) is 29.2 Å². The molecule has 17 heavy (non-hydrogen) atoms. The highest BCUT2D eigenvalue weighted by Gasteiger charge is 2.23. The summed E-state index contributed by atoms with van der Waals surface area (Å²) in [6, 6.07) is 2.02. The molecule has 0 aromatic carbocycles. The van der Waals surface area contributed by atoms with Crippen LogP contribution in [-0.2, 0) is 0 Å². The summed E-state index contributed by atoms with van der Waals surface area (Å²) in [4.78, 5) is 9.47. The maximum Gasteiger partial charge on any atom is 0.225 e. The van der Waals surface area contributed by atoms with E-state index >= 15 is 0 Å². The molecule has 3 rings (SSSR count). The van der Waals surface area contributed by atoms with Gasteiger partial charge in [-0.25, -0.2) is 9.97 Å². The van der Waals surface area contributed by atoms with Gasteiger partial charge in [-0.3, -0.25) is 0 Å². The normalized spacial score (nSPS) is 25.0. The van der Waals surface area contributed by atoms with E-state index in [4.69, 9.17) is 4.74 Å². The third-order valence-corrected chi connectivity index (χ3v) is 4.07. The fourth-order valence-corrected chi connectivity index (χ4v) is 2.85. The van der Waals surface area contributed by atoms with Crippen molar-refractivity contribution >= 4 is 21.6 Å². The molecule has 5 heteroatoms. The molecule has 2 atom stereocenters. The SMILES string of the molecule is CC1CCNCC1Oc1ncnc2sccc12. The summed E-state index contributed by atoms with van der Waals surface area (Å²) in [5.41, 5.74) is 0. The average Bonchev–Trinajstić information content (AvgIpc) is 2.81. The summed E-state index contributed by atoms with van der Waals surface area (Å²) in [5, 5.41) is 6.41. The van der Waals surface area contributed by atoms with Crippen molar-refractivity contribution < 1.29 is 4.74 Å². The lowest BCUT2D eigenvalue weighted by atomic mass is 9.97. The highest BCUT2D eigenvalue weighted by atomic mass is 32.1. The van der Waals surface area contributed by atoms with Crippen LogP contribution < -0.4 is 10.1 Å². The van der Waals surface area contributed by atoms with Gasteiger partial charge >= 0.3 is 0 Å². The second-order valence-corrected chi connectivity index (χ2v) is 5.34. The topological polar surface area (TPSA) is 47.0 Å². The van der Waals surface area contributed by atoms with Crippen molar-refractivity contribution in [2.75, 3.05) is 13.1 Å². The zero-order chi connectivity index (χ0) is 11.7. The van der Waals surface area contributed by atoms with Crippen LogP contribution in [0, 0.1) is 5.92 Å². The van der Waals surface area contributed by atoms with Gasteiger partial charge in [-0.15, -0.1) is 11.3 Å². The Morgan fingerprint density at radius 1 is 1.47 bits per heavy atom. The molecule has 0 aliphatic carbocycles. The predicted molar refractivity (Wildman–Crippen MR) is 68.5 cm³/mol. The average molecular weight is 249 g/mol. The third kappa shape index (κ3) is 2.12. The highest BCUT2D eigenvalue weighted by molar-refractivity contribution is 7.16. The molecule has 1 aliphatic heterocycles. The Morgan fingerprint density at radius 2 is 2.41 bits per heavy atom. The van der Waals surface area contributed by atoms with Crippen molar-refractivity contribution in [3.63, 3.8) is 0 Å². The summed E-state index contributed by atoms with van der Waals surface area (Å²) in [5.74, 6) is 1.29. The van der Waals surface area contributed by atoms with E-state index in [1.807, 2.05) is 11.4 Å². The number of piperidine rings is 1. The van der Waals surface area contributed by atoms with Crippen molar-refractivity contribution in [3.8, 4) is 5.88 Å². The smallest absolute Gasteiger partial charge is 0.225 e. The van der Waals surface area contributed by atoms with E-state index in [1.165, 1.54) is 0 Å². The van der Waals surface area contributed by atoms with Crippen LogP contribution >= 0.6 is 11.3 Å². The maximum absolute atomic E-state index is 6.03. The molecule has 0 radical (unpaired) electrons. The molecule has 0 spiro atoms. The number of fused-ring (bicyclic) bond motifs is 1. The number of thiophene rings is 1. The van der Waals surface area contributed by atoms with Gasteiger partial charge < -0.3 is 10.1 Å². The molecule has 3 heterocycles. The van der Waals surface area contributed by atoms with Crippen molar-refractivity contribution in [2.45, 2.75) is 19.4 Å². The van der Waals surface area contributed by atoms with Gasteiger partial charge in [0, 0.05) is 6.54 Å². The zero-order valence-electron chi connectivity index (χ0n) is 9.72. The number of ether oxygens (including phenoxy) is 1. The van der Waals surface area contributed by atoms with Gasteiger partial charge in [0.15, 0.2) is 0 Å². The predicted octanol–water partition coefficient (Wildman–Crippen LogP) is 2.07. The minimum absolute atomic E-state index is 0.210. The van der Waals surface area contributed by atoms with E-state index in [0.29, 0.717) is 5.92 Å². The van der Waals surface area contributed by atoms with Gasteiger partial charge in [0.2, 0.25) is 5.88 Å². The Labute approximate surface area is 104 Å². The lowest BCUT2D eigenvalue weighted by molar-refractivity contribution is 0.111. The molecule has 0 bridgehead atoms. The van der Waals surface area contributed by atoms with Gasteiger partial charge in [-0.1, -0.05) is 6.92 Å². The Balaban J connectivity index is 1.86. The quantitative estimate of drug-likeness (QED) is 0.885. The summed E-state index contributed by atoms with van der Waals surface area (Å²) in [7, 11) is 0. The Bertz CT molecular complexity index is 513. The van der Waals surface area contributed by atoms with E-state index < -0.39 is 0 Å². The number of nitrogens with zero attached hydrogens (tertiary/aromatic N) is 2. The van der Waals surface area contributed by atoms with Crippen molar-refractivity contribution in [1.29, 1.82) is 0 Å². The van der Waals surface area contributed by atoms with E-state index in [0.717, 1.165) is 35.6 Å². The summed E-state index contributed by atoms with van der Waals surface area (Å²) < 4.78 is 6.03. The van der Waals surface area contributed by atoms with Gasteiger partial charge in [-0.05, 0) is 30.3 Å². The van der Waals surface area contributed by atoms with E-state index in [9.17, 15) is 0 Å². The molecule has 0 saturated carbocycles. The lowest BCUT2D eigenvalue weighted by Crippen LogP contribution is -2.43. The minimum Gasteiger partial charge on any atom is -0.472 e. The molecule has 2 aromatic heterocycles. The molecule has 0 amide bonds. The first-order valence-corrected chi connectivity index (χ1v) is 6.78. The standard InChI is InChI=1S/C12H15N3OS/c1-8-2-4-13-6-10(8)16-11-9-3-5-17-12(9)15-7-14-11/h3,5,7-8,10,13H,2,4,6H2,1H3. The Morgan fingerprint density at radius 3 is 3.29 bits per heavy atom. The van der Waals surface area contributed by atoms with Crippen molar-refractivity contribution in [3.05, 3.63) is 17.8 Å². The zero-order valence-corrected chi connectivity index (χ0v) is 10.5. The van der Waals surface area contributed by atoms with Gasteiger partial charge in [0.25, 0.3) is 0 Å². The fraction of sp³-hybridized carbons (Fsp3) is 0.500. The summed E-state index contributed by atoms with van der Waals surface area (Å²) in [6.45, 7) is 4.22. The van der Waals surface area contributed by atoms with E-state index in [2.05, 4.69) is 22.2 Å². The Kier molecular flexibility index (Phi) is 2.94. The molecule has 1 aliphatic rings. The van der Waals surface area contributed by atoms with Crippen LogP contribution in [0.15, 0.2) is 17.8 Å². The lowest BCUT2D eigenvalue weighted by Gasteiger charge is -2.29. The number of aromatic nitrogens is 2. The van der Waals surface area contributed by atoms with Gasteiger partial charge in [-0.2, -0.15) is 0 Å². The molecule has 2 aromatic rings. The second kappa shape index (κ2) is 4.58. The third-order valence-electron chi connectivity index (χ3n) is 3.24. The molecule has 90 valence electrons. The first kappa shape index (κ1) is 10.9. The monoisotopic (exact) mass is 249 g/mol. The molecule has 4 nitrogen and oxygen atoms in total. The first-order valence-electron chi connectivity index (χ1n) is 5.90. The molecular weight excluding hydrogens is 234 g/mol. The number of rotatable bonds is 2. The van der Waals surface area contributed by atoms with Crippen LogP contribution in [0.1, 0.15) is 13.3 Å². The molecule has 1 saturated heterocycles. The maximum atomic E-state index is 6.03. The first-order chi connectivity index (χ1) is 8.34. The molecular formula is C12H15N3OS. The van der Waals surface area contributed by atoms with Crippen LogP contribution in [0.2, 0.25) is 0 Å². The fourth-order valence-electron chi connectivity index (χ4n) is 2.12. The van der Waals surface area contributed by atoms with Crippen LogP contribution in [0.3, 0.4) is 0 Å². The van der Waals surface area contributed by atoms with Gasteiger partial charge in [0.1, 0.15) is 17.3 Å². The van der Waals surface area contributed by atoms with Gasteiger partial charge in [0.05, 0.1) is 5.39 Å². The number of hydrogen-bond donors (Lipinski definition) is 1. The van der Waals surface area contributed by atoms with Crippen molar-refractivity contribution in [2.24, 2.45) is 5.92 Å². The molecule has 2 unspecified atom stereocenters. The van der Waals surface area contributed by atoms with Crippen LogP contribution in [0.4, 0.5) is 0 Å². The largest absolute Gasteiger partial charge is 0.472 e. The van der Waals surface area contributed by atoms with E-state index in [1.54, 1.807) is 17.7 Å².